The van der Waals surface area contributed by atoms with Crippen LogP contribution in [0.25, 0.3) is 10.9 Å². The second kappa shape index (κ2) is 8.22. The summed E-state index contributed by atoms with van der Waals surface area (Å²) in [5.74, 6) is -0.580. The number of carboxylic acid groups (broad SMARTS) is 1. The normalized spacial score (nSPS) is 10.9. The van der Waals surface area contributed by atoms with Gasteiger partial charge >= 0.3 is 5.97 Å². The number of hydrogen-bond donors (Lipinski definition) is 1. The van der Waals surface area contributed by atoms with Gasteiger partial charge < -0.3 is 19.3 Å². The molecule has 0 aliphatic rings. The smallest absolute Gasteiger partial charge is 0.323 e. The molecule has 0 saturated heterocycles. The molecule has 142 valence electrons. The molecule has 0 atom stereocenters. The molecule has 0 bridgehead atoms. The van der Waals surface area contributed by atoms with E-state index in [0.29, 0.717) is 25.3 Å². The van der Waals surface area contributed by atoms with Crippen LogP contribution in [-0.2, 0) is 11.3 Å². The summed E-state index contributed by atoms with van der Waals surface area (Å²) in [4.78, 5) is 20.0. The summed E-state index contributed by atoms with van der Waals surface area (Å²) in [6.07, 6.45) is 3.43. The molecule has 2 heterocycles. The number of anilines is 1. The molecule has 27 heavy (non-hydrogen) atoms. The molecule has 1 aromatic carbocycles. The average Bonchev–Trinajstić information content (AvgIpc) is 3.02. The number of fused-ring (bicyclic) bond motifs is 1. The van der Waals surface area contributed by atoms with E-state index in [4.69, 9.17) is 21.4 Å². The maximum atomic E-state index is 13.7. The van der Waals surface area contributed by atoms with Crippen LogP contribution in [0.1, 0.15) is 6.42 Å². The molecule has 3 aromatic rings. The molecule has 7 nitrogen and oxygen atoms in total. The molecule has 0 saturated carbocycles. The fraction of sp³-hybridized carbons (Fsp3) is 0.278. The highest BCUT2D eigenvalue weighted by Crippen LogP contribution is 2.22. The SMILES string of the molecule is CN(CCCOc1ccc2c(ccn2CC(=O)O)c1)c1nc(Cl)ncc1F. The van der Waals surface area contributed by atoms with Crippen LogP contribution in [0.4, 0.5) is 10.2 Å². The van der Waals surface area contributed by atoms with Crippen LogP contribution in [0.15, 0.2) is 36.7 Å². The molecule has 0 aliphatic heterocycles. The Balaban J connectivity index is 1.54. The van der Waals surface area contributed by atoms with Gasteiger partial charge in [0.2, 0.25) is 5.28 Å². The number of hydrogen-bond acceptors (Lipinski definition) is 5. The van der Waals surface area contributed by atoms with E-state index in [-0.39, 0.29) is 17.6 Å². The summed E-state index contributed by atoms with van der Waals surface area (Å²) in [6, 6.07) is 7.34. The molecule has 2 aromatic heterocycles. The summed E-state index contributed by atoms with van der Waals surface area (Å²) in [6.45, 7) is 0.882. The minimum atomic E-state index is -0.890. The lowest BCUT2D eigenvalue weighted by Crippen LogP contribution is -2.22. The Kier molecular flexibility index (Phi) is 5.75. The van der Waals surface area contributed by atoms with E-state index >= 15 is 0 Å². The van der Waals surface area contributed by atoms with E-state index in [0.717, 1.165) is 17.1 Å². The second-order valence-electron chi connectivity index (χ2n) is 5.99. The van der Waals surface area contributed by atoms with E-state index < -0.39 is 11.8 Å². The van der Waals surface area contributed by atoms with Gasteiger partial charge in [-0.05, 0) is 42.3 Å². The van der Waals surface area contributed by atoms with Crippen LogP contribution in [0.2, 0.25) is 5.28 Å². The van der Waals surface area contributed by atoms with Crippen molar-refractivity contribution in [3.63, 3.8) is 0 Å². The standard InChI is InChI=1S/C18H18ClFN4O3/c1-23(17-14(20)10-21-18(19)22-17)6-2-8-27-13-3-4-15-12(9-13)5-7-24(15)11-16(25)26/h3-5,7,9-10H,2,6,8,11H2,1H3,(H,25,26). The molecule has 0 radical (unpaired) electrons. The predicted molar refractivity (Wildman–Crippen MR) is 100.0 cm³/mol. The van der Waals surface area contributed by atoms with E-state index in [1.165, 1.54) is 0 Å². The Morgan fingerprint density at radius 2 is 2.22 bits per heavy atom. The first-order chi connectivity index (χ1) is 12.9. The Morgan fingerprint density at radius 3 is 3.00 bits per heavy atom. The van der Waals surface area contributed by atoms with Gasteiger partial charge in [-0.25, -0.2) is 9.37 Å². The number of aromatic nitrogens is 3. The van der Waals surface area contributed by atoms with Crippen molar-refractivity contribution in [1.29, 1.82) is 0 Å². The van der Waals surface area contributed by atoms with Crippen molar-refractivity contribution in [3.05, 3.63) is 47.8 Å². The number of ether oxygens (including phenoxy) is 1. The van der Waals surface area contributed by atoms with Gasteiger partial charge in [-0.1, -0.05) is 0 Å². The van der Waals surface area contributed by atoms with Crippen molar-refractivity contribution < 1.29 is 19.0 Å². The van der Waals surface area contributed by atoms with Gasteiger partial charge in [-0.2, -0.15) is 4.98 Å². The lowest BCUT2D eigenvalue weighted by molar-refractivity contribution is -0.137. The highest BCUT2D eigenvalue weighted by molar-refractivity contribution is 6.28. The third kappa shape index (κ3) is 4.65. The summed E-state index contributed by atoms with van der Waals surface area (Å²) in [5.41, 5.74) is 0.834. The maximum absolute atomic E-state index is 13.7. The lowest BCUT2D eigenvalue weighted by Gasteiger charge is -2.18. The van der Waals surface area contributed by atoms with Crippen molar-refractivity contribution in [1.82, 2.24) is 14.5 Å². The molecule has 0 amide bonds. The summed E-state index contributed by atoms with van der Waals surface area (Å²) in [5, 5.41) is 9.82. The first kappa shape index (κ1) is 18.9. The Bertz CT molecular complexity index is 963. The average molecular weight is 393 g/mol. The van der Waals surface area contributed by atoms with Crippen molar-refractivity contribution in [3.8, 4) is 5.75 Å². The van der Waals surface area contributed by atoms with Gasteiger partial charge in [0.05, 0.1) is 12.8 Å². The first-order valence-electron chi connectivity index (χ1n) is 8.26. The van der Waals surface area contributed by atoms with Crippen molar-refractivity contribution >= 4 is 34.3 Å². The third-order valence-corrected chi connectivity index (χ3v) is 4.19. The van der Waals surface area contributed by atoms with E-state index in [9.17, 15) is 9.18 Å². The zero-order chi connectivity index (χ0) is 19.4. The molecule has 3 rings (SSSR count). The highest BCUT2D eigenvalue weighted by Gasteiger charge is 2.11. The Hall–Kier alpha value is -2.87. The van der Waals surface area contributed by atoms with Crippen molar-refractivity contribution in [2.75, 3.05) is 25.1 Å². The van der Waals surface area contributed by atoms with Crippen LogP contribution in [0.5, 0.6) is 5.75 Å². The third-order valence-electron chi connectivity index (χ3n) is 4.01. The Morgan fingerprint density at radius 1 is 1.41 bits per heavy atom. The van der Waals surface area contributed by atoms with E-state index in [1.54, 1.807) is 28.8 Å². The topological polar surface area (TPSA) is 80.5 Å². The monoisotopic (exact) mass is 392 g/mol. The number of rotatable bonds is 8. The number of benzene rings is 1. The van der Waals surface area contributed by atoms with E-state index in [2.05, 4.69) is 9.97 Å². The van der Waals surface area contributed by atoms with Gasteiger partial charge in [-0.15, -0.1) is 0 Å². The number of aliphatic carboxylic acids is 1. The van der Waals surface area contributed by atoms with Crippen molar-refractivity contribution in [2.24, 2.45) is 0 Å². The van der Waals surface area contributed by atoms with Crippen LogP contribution in [0, 0.1) is 5.82 Å². The predicted octanol–water partition coefficient (Wildman–Crippen LogP) is 3.21. The van der Waals surface area contributed by atoms with Crippen LogP contribution in [0.3, 0.4) is 0 Å². The second-order valence-corrected chi connectivity index (χ2v) is 6.33. The minimum Gasteiger partial charge on any atom is -0.494 e. The minimum absolute atomic E-state index is 0.00219. The molecular formula is C18H18ClFN4O3. The number of nitrogens with zero attached hydrogens (tertiary/aromatic N) is 4. The van der Waals surface area contributed by atoms with Crippen LogP contribution >= 0.6 is 11.6 Å². The molecule has 9 heteroatoms. The van der Waals surface area contributed by atoms with Gasteiger partial charge in [0.15, 0.2) is 11.6 Å². The number of carbonyl (C=O) groups is 1. The van der Waals surface area contributed by atoms with Gasteiger partial charge in [0.25, 0.3) is 0 Å². The maximum Gasteiger partial charge on any atom is 0.323 e. The first-order valence-corrected chi connectivity index (χ1v) is 8.64. The Labute approximate surface area is 160 Å². The molecular weight excluding hydrogens is 375 g/mol. The van der Waals surface area contributed by atoms with E-state index in [1.807, 2.05) is 18.2 Å². The molecule has 1 N–H and O–H groups in total. The zero-order valence-corrected chi connectivity index (χ0v) is 15.4. The molecule has 0 unspecified atom stereocenters. The summed E-state index contributed by atoms with van der Waals surface area (Å²) in [7, 11) is 1.72. The van der Waals surface area contributed by atoms with Crippen LogP contribution in [-0.4, -0.2) is 45.8 Å². The fourth-order valence-electron chi connectivity index (χ4n) is 2.75. The zero-order valence-electron chi connectivity index (χ0n) is 14.6. The summed E-state index contributed by atoms with van der Waals surface area (Å²) >= 11 is 5.70. The number of halogens is 2. The van der Waals surface area contributed by atoms with Gasteiger partial charge in [-0.3, -0.25) is 4.79 Å². The molecule has 0 spiro atoms. The largest absolute Gasteiger partial charge is 0.494 e. The molecule has 0 aliphatic carbocycles. The van der Waals surface area contributed by atoms with Gasteiger partial charge in [0, 0.05) is 30.7 Å². The quantitative estimate of drug-likeness (QED) is 0.468. The highest BCUT2D eigenvalue weighted by atomic mass is 35.5. The summed E-state index contributed by atoms with van der Waals surface area (Å²) < 4.78 is 21.1. The van der Waals surface area contributed by atoms with Crippen LogP contribution < -0.4 is 9.64 Å². The van der Waals surface area contributed by atoms with Gasteiger partial charge in [0.1, 0.15) is 12.3 Å². The fourth-order valence-corrected chi connectivity index (χ4v) is 2.88. The molecule has 0 fully saturated rings. The van der Waals surface area contributed by atoms with Crippen molar-refractivity contribution in [2.45, 2.75) is 13.0 Å². The number of carboxylic acids is 1. The lowest BCUT2D eigenvalue weighted by atomic mass is 10.2.